The molecule has 40 heavy (non-hydrogen) atoms. The molecule has 1 saturated carbocycles. The molecule has 1 aliphatic carbocycles. The predicted octanol–water partition coefficient (Wildman–Crippen LogP) is 5.51. The van der Waals surface area contributed by atoms with E-state index < -0.39 is 29.2 Å². The summed E-state index contributed by atoms with van der Waals surface area (Å²) in [7, 11) is 4.73. The van der Waals surface area contributed by atoms with Crippen molar-refractivity contribution in [2.75, 3.05) is 37.2 Å². The van der Waals surface area contributed by atoms with Crippen LogP contribution in [0.1, 0.15) is 12.8 Å². The molecule has 1 aromatic heterocycles. The highest BCUT2D eigenvalue weighted by atomic mass is 19.1. The summed E-state index contributed by atoms with van der Waals surface area (Å²) in [6.07, 6.45) is -0.327. The van der Waals surface area contributed by atoms with Crippen LogP contribution in [0.2, 0.25) is 0 Å². The minimum absolute atomic E-state index is 0.0681. The second-order valence-corrected chi connectivity index (χ2v) is 9.39. The van der Waals surface area contributed by atoms with E-state index in [2.05, 4.69) is 20.9 Å². The highest BCUT2D eigenvalue weighted by Gasteiger charge is 2.55. The number of nitrogens with one attached hydrogen (secondary N) is 3. The largest absolute Gasteiger partial charge is 0.493 e. The maximum absolute atomic E-state index is 15.2. The van der Waals surface area contributed by atoms with Crippen molar-refractivity contribution in [3.63, 3.8) is 0 Å². The maximum atomic E-state index is 15.2. The summed E-state index contributed by atoms with van der Waals surface area (Å²) in [5, 5.41) is 19.7. The molecule has 1 amide bonds. The van der Waals surface area contributed by atoms with Gasteiger partial charge in [-0.15, -0.1) is 0 Å². The molecule has 0 radical (unpaired) electrons. The summed E-state index contributed by atoms with van der Waals surface area (Å²) in [5.74, 6) is 0.141. The van der Waals surface area contributed by atoms with Gasteiger partial charge in [0.1, 0.15) is 23.6 Å². The SMILES string of the molecule is CNc1cc(Oc2ccc(NC(=O)C3(C(O)Nc4ccc(F)cc4)CC3)cc2F)c2cc(OC)c(OC)cc2n1. The van der Waals surface area contributed by atoms with Gasteiger partial charge in [0.15, 0.2) is 23.1 Å². The van der Waals surface area contributed by atoms with Crippen LogP contribution in [0.5, 0.6) is 23.0 Å². The number of aromatic nitrogens is 1. The van der Waals surface area contributed by atoms with Crippen LogP contribution < -0.4 is 30.2 Å². The standard InChI is InChI=1S/C29H28F2N4O5/c1-32-26-15-23(19-13-24(38-2)25(39-3)14-21(19)35-26)40-22-9-8-18(12-20(22)31)34-28(37)29(10-11-29)27(36)33-17-6-4-16(30)5-7-17/h4-9,12-15,27,33,36H,10-11H2,1-3H3,(H,32,35)(H,34,37). The van der Waals surface area contributed by atoms with Crippen molar-refractivity contribution in [2.24, 2.45) is 5.41 Å². The van der Waals surface area contributed by atoms with Crippen LogP contribution in [0.4, 0.5) is 26.0 Å². The van der Waals surface area contributed by atoms with Crippen molar-refractivity contribution in [3.05, 3.63) is 72.3 Å². The molecule has 208 valence electrons. The van der Waals surface area contributed by atoms with E-state index >= 15 is 4.39 Å². The fourth-order valence-corrected chi connectivity index (χ4v) is 4.37. The molecule has 4 aromatic rings. The number of fused-ring (bicyclic) bond motifs is 1. The van der Waals surface area contributed by atoms with Gasteiger partial charge in [0.25, 0.3) is 0 Å². The van der Waals surface area contributed by atoms with Crippen LogP contribution in [0.3, 0.4) is 0 Å². The number of hydrogen-bond donors (Lipinski definition) is 4. The second-order valence-electron chi connectivity index (χ2n) is 9.39. The fourth-order valence-electron chi connectivity index (χ4n) is 4.37. The number of hydrogen-bond acceptors (Lipinski definition) is 8. The van der Waals surface area contributed by atoms with Gasteiger partial charge in [-0.25, -0.2) is 13.8 Å². The molecule has 1 heterocycles. The zero-order chi connectivity index (χ0) is 28.4. The Hall–Kier alpha value is -4.64. The van der Waals surface area contributed by atoms with Gasteiger partial charge in [0.2, 0.25) is 5.91 Å². The van der Waals surface area contributed by atoms with Gasteiger partial charge in [-0.2, -0.15) is 0 Å². The summed E-state index contributed by atoms with van der Waals surface area (Å²) in [6.45, 7) is 0. The molecule has 5 rings (SSSR count). The van der Waals surface area contributed by atoms with Gasteiger partial charge in [-0.3, -0.25) is 4.79 Å². The second kappa shape index (κ2) is 10.9. The number of halogens is 2. The number of nitrogens with zero attached hydrogens (tertiary/aromatic N) is 1. The van der Waals surface area contributed by atoms with E-state index in [1.165, 1.54) is 50.6 Å². The van der Waals surface area contributed by atoms with E-state index in [1.54, 1.807) is 25.2 Å². The first-order valence-corrected chi connectivity index (χ1v) is 12.5. The van der Waals surface area contributed by atoms with E-state index in [4.69, 9.17) is 14.2 Å². The Labute approximate surface area is 229 Å². The van der Waals surface area contributed by atoms with E-state index in [9.17, 15) is 14.3 Å². The molecule has 1 atom stereocenters. The third-order valence-corrected chi connectivity index (χ3v) is 6.85. The molecule has 3 aromatic carbocycles. The number of carbonyl (C=O) groups excluding carboxylic acids is 1. The first kappa shape index (κ1) is 26.9. The van der Waals surface area contributed by atoms with Crippen molar-refractivity contribution < 1.29 is 32.9 Å². The smallest absolute Gasteiger partial charge is 0.235 e. The highest BCUT2D eigenvalue weighted by molar-refractivity contribution is 5.98. The molecular formula is C29H28F2N4O5. The van der Waals surface area contributed by atoms with E-state index in [1.807, 2.05) is 0 Å². The molecule has 0 spiro atoms. The topological polar surface area (TPSA) is 114 Å². The summed E-state index contributed by atoms with van der Waals surface area (Å²) in [5.41, 5.74) is 0.143. The number of rotatable bonds is 10. The number of methoxy groups -OCH3 is 2. The van der Waals surface area contributed by atoms with Gasteiger partial charge >= 0.3 is 0 Å². The number of amides is 1. The number of aliphatic hydroxyl groups is 1. The van der Waals surface area contributed by atoms with Gasteiger partial charge in [0, 0.05) is 42.0 Å². The molecule has 9 nitrogen and oxygen atoms in total. The number of aliphatic hydroxyl groups excluding tert-OH is 1. The van der Waals surface area contributed by atoms with Gasteiger partial charge in [-0.05, 0) is 55.3 Å². The Balaban J connectivity index is 1.34. The molecule has 1 aliphatic rings. The first-order valence-electron chi connectivity index (χ1n) is 12.5. The molecule has 1 fully saturated rings. The summed E-state index contributed by atoms with van der Waals surface area (Å²) >= 11 is 0. The minimum Gasteiger partial charge on any atom is -0.493 e. The van der Waals surface area contributed by atoms with Crippen LogP contribution >= 0.6 is 0 Å². The molecular weight excluding hydrogens is 522 g/mol. The number of carbonyl (C=O) groups is 1. The lowest BCUT2D eigenvalue weighted by Gasteiger charge is -2.23. The molecule has 0 aliphatic heterocycles. The number of anilines is 3. The van der Waals surface area contributed by atoms with Crippen LogP contribution in [-0.4, -0.2) is 43.5 Å². The lowest BCUT2D eigenvalue weighted by Crippen LogP contribution is -2.39. The van der Waals surface area contributed by atoms with E-state index in [-0.39, 0.29) is 11.4 Å². The van der Waals surface area contributed by atoms with E-state index in [0.29, 0.717) is 52.5 Å². The molecule has 1 unspecified atom stereocenters. The quantitative estimate of drug-likeness (QED) is 0.191. The van der Waals surface area contributed by atoms with Crippen LogP contribution in [0.15, 0.2) is 60.7 Å². The third kappa shape index (κ3) is 5.28. The van der Waals surface area contributed by atoms with Crippen molar-refractivity contribution >= 4 is 34.0 Å². The normalized spacial score (nSPS) is 14.2. The Bertz CT molecular complexity index is 1560. The Kier molecular flexibility index (Phi) is 7.31. The Morgan fingerprint density at radius 2 is 1.60 bits per heavy atom. The van der Waals surface area contributed by atoms with Crippen molar-refractivity contribution in [3.8, 4) is 23.0 Å². The van der Waals surface area contributed by atoms with Gasteiger partial charge in [-0.1, -0.05) is 0 Å². The van der Waals surface area contributed by atoms with Crippen molar-refractivity contribution in [1.29, 1.82) is 0 Å². The lowest BCUT2D eigenvalue weighted by atomic mass is 10.0. The van der Waals surface area contributed by atoms with E-state index in [0.717, 1.165) is 6.07 Å². The van der Waals surface area contributed by atoms with Crippen LogP contribution in [-0.2, 0) is 4.79 Å². The summed E-state index contributed by atoms with van der Waals surface area (Å²) in [4.78, 5) is 17.6. The van der Waals surface area contributed by atoms with Gasteiger partial charge in [0.05, 0.1) is 25.2 Å². The molecule has 4 N–H and O–H groups in total. The van der Waals surface area contributed by atoms with Crippen LogP contribution in [0, 0.1) is 17.0 Å². The number of pyridine rings is 1. The maximum Gasteiger partial charge on any atom is 0.235 e. The first-order chi connectivity index (χ1) is 19.3. The van der Waals surface area contributed by atoms with Crippen LogP contribution in [0.25, 0.3) is 10.9 Å². The molecule has 0 bridgehead atoms. The van der Waals surface area contributed by atoms with Gasteiger partial charge < -0.3 is 35.3 Å². The summed E-state index contributed by atoms with van der Waals surface area (Å²) < 4.78 is 45.1. The number of ether oxygens (including phenoxy) is 3. The Morgan fingerprint density at radius 3 is 2.23 bits per heavy atom. The highest BCUT2D eigenvalue weighted by Crippen LogP contribution is 2.50. The minimum atomic E-state index is -1.21. The summed E-state index contributed by atoms with van der Waals surface area (Å²) in [6, 6.07) is 14.5. The molecule has 0 saturated heterocycles. The zero-order valence-corrected chi connectivity index (χ0v) is 22.0. The zero-order valence-electron chi connectivity index (χ0n) is 22.0. The van der Waals surface area contributed by atoms with Crippen molar-refractivity contribution in [1.82, 2.24) is 4.98 Å². The van der Waals surface area contributed by atoms with Crippen molar-refractivity contribution in [2.45, 2.75) is 19.1 Å². The monoisotopic (exact) mass is 550 g/mol. The molecule has 11 heteroatoms. The number of benzene rings is 3. The third-order valence-electron chi connectivity index (χ3n) is 6.85. The Morgan fingerprint density at radius 1 is 0.925 bits per heavy atom. The lowest BCUT2D eigenvalue weighted by molar-refractivity contribution is -0.124. The predicted molar refractivity (Wildman–Crippen MR) is 147 cm³/mol. The average molecular weight is 551 g/mol. The fraction of sp³-hybridized carbons (Fsp3) is 0.241. The average Bonchev–Trinajstić information content (AvgIpc) is 3.77.